The van der Waals surface area contributed by atoms with Crippen LogP contribution in [-0.2, 0) is 6.61 Å². The number of ether oxygens (including phenoxy) is 2. The van der Waals surface area contributed by atoms with E-state index in [-0.39, 0.29) is 12.4 Å². The summed E-state index contributed by atoms with van der Waals surface area (Å²) in [5.74, 6) is -1.73. The molecule has 0 unspecified atom stereocenters. The summed E-state index contributed by atoms with van der Waals surface area (Å²) in [6.45, 7) is 0.0441. The molecular formula is C15H11F2NO2. The largest absolute Gasteiger partial charge is 0.495 e. The molecule has 2 aromatic carbocycles. The summed E-state index contributed by atoms with van der Waals surface area (Å²) in [4.78, 5) is 0. The molecule has 0 N–H and O–H groups in total. The molecule has 0 saturated heterocycles. The van der Waals surface area contributed by atoms with E-state index in [9.17, 15) is 8.78 Å². The van der Waals surface area contributed by atoms with Crippen LogP contribution in [0, 0.1) is 23.0 Å². The Morgan fingerprint density at radius 1 is 1.15 bits per heavy atom. The summed E-state index contributed by atoms with van der Waals surface area (Å²) in [5, 5.41) is 8.86. The first-order valence-corrected chi connectivity index (χ1v) is 5.79. The van der Waals surface area contributed by atoms with Crippen LogP contribution in [0.2, 0.25) is 0 Å². The van der Waals surface area contributed by atoms with Gasteiger partial charge in [-0.05, 0) is 29.8 Å². The van der Waals surface area contributed by atoms with Crippen LogP contribution in [0.25, 0.3) is 0 Å². The van der Waals surface area contributed by atoms with Gasteiger partial charge in [-0.2, -0.15) is 9.65 Å². The third-order valence-electron chi connectivity index (χ3n) is 2.70. The number of hydrogen-bond donors (Lipinski definition) is 0. The Morgan fingerprint density at radius 2 is 1.95 bits per heavy atom. The van der Waals surface area contributed by atoms with Crippen molar-refractivity contribution < 1.29 is 18.3 Å². The number of nitriles is 1. The molecule has 0 aliphatic carbocycles. The van der Waals surface area contributed by atoms with Crippen molar-refractivity contribution >= 4 is 0 Å². The van der Waals surface area contributed by atoms with Crippen LogP contribution in [-0.4, -0.2) is 7.11 Å². The molecule has 2 rings (SSSR count). The zero-order valence-electron chi connectivity index (χ0n) is 10.7. The fourth-order valence-electron chi connectivity index (χ4n) is 1.67. The van der Waals surface area contributed by atoms with E-state index in [0.29, 0.717) is 16.9 Å². The van der Waals surface area contributed by atoms with Crippen molar-refractivity contribution in [3.05, 3.63) is 59.2 Å². The summed E-state index contributed by atoms with van der Waals surface area (Å²) in [7, 11) is 1.45. The number of halogens is 2. The Morgan fingerprint density at radius 3 is 2.65 bits per heavy atom. The maximum Gasteiger partial charge on any atom is 0.200 e. The van der Waals surface area contributed by atoms with E-state index >= 15 is 0 Å². The Bertz CT molecular complexity index is 665. The second-order valence-corrected chi connectivity index (χ2v) is 3.99. The number of rotatable bonds is 4. The summed E-state index contributed by atoms with van der Waals surface area (Å²) in [6.07, 6.45) is 0. The van der Waals surface area contributed by atoms with Gasteiger partial charge < -0.3 is 9.47 Å². The van der Waals surface area contributed by atoms with E-state index in [1.54, 1.807) is 18.2 Å². The second kappa shape index (κ2) is 6.02. The SMILES string of the molecule is COc1cc(COc2cccc(F)c2F)ccc1C#N. The van der Waals surface area contributed by atoms with Gasteiger partial charge in [0.15, 0.2) is 11.6 Å². The van der Waals surface area contributed by atoms with Crippen molar-refractivity contribution in [3.8, 4) is 17.6 Å². The molecule has 3 nitrogen and oxygen atoms in total. The zero-order chi connectivity index (χ0) is 14.5. The minimum Gasteiger partial charge on any atom is -0.495 e. The topological polar surface area (TPSA) is 42.2 Å². The van der Waals surface area contributed by atoms with Crippen LogP contribution in [0.15, 0.2) is 36.4 Å². The van der Waals surface area contributed by atoms with Gasteiger partial charge in [0, 0.05) is 0 Å². The molecule has 0 aromatic heterocycles. The van der Waals surface area contributed by atoms with Crippen LogP contribution in [0.5, 0.6) is 11.5 Å². The predicted octanol–water partition coefficient (Wildman–Crippen LogP) is 3.42. The zero-order valence-corrected chi connectivity index (χ0v) is 10.7. The Labute approximate surface area is 115 Å². The molecule has 0 spiro atoms. The second-order valence-electron chi connectivity index (χ2n) is 3.99. The van der Waals surface area contributed by atoms with Gasteiger partial charge in [0.2, 0.25) is 5.82 Å². The average Bonchev–Trinajstić information content (AvgIpc) is 2.48. The van der Waals surface area contributed by atoms with Crippen LogP contribution in [0.4, 0.5) is 8.78 Å². The number of hydrogen-bond acceptors (Lipinski definition) is 3. The molecule has 0 atom stereocenters. The van der Waals surface area contributed by atoms with Crippen LogP contribution < -0.4 is 9.47 Å². The molecule has 0 heterocycles. The lowest BCUT2D eigenvalue weighted by atomic mass is 10.1. The van der Waals surface area contributed by atoms with Gasteiger partial charge in [-0.1, -0.05) is 12.1 Å². The van der Waals surface area contributed by atoms with Crippen molar-refractivity contribution in [2.45, 2.75) is 6.61 Å². The highest BCUT2D eigenvalue weighted by Gasteiger charge is 2.09. The molecule has 0 radical (unpaired) electrons. The Hall–Kier alpha value is -2.61. The summed E-state index contributed by atoms with van der Waals surface area (Å²) in [5.41, 5.74) is 1.08. The predicted molar refractivity (Wildman–Crippen MR) is 68.4 cm³/mol. The highest BCUT2D eigenvalue weighted by atomic mass is 19.2. The van der Waals surface area contributed by atoms with Gasteiger partial charge in [0.05, 0.1) is 12.7 Å². The van der Waals surface area contributed by atoms with Gasteiger partial charge in [-0.25, -0.2) is 4.39 Å². The molecule has 0 fully saturated rings. The van der Waals surface area contributed by atoms with Gasteiger partial charge in [-0.15, -0.1) is 0 Å². The lowest BCUT2D eigenvalue weighted by Gasteiger charge is -2.09. The summed E-state index contributed by atoms with van der Waals surface area (Å²) in [6, 6.07) is 10.6. The number of methoxy groups -OCH3 is 1. The molecular weight excluding hydrogens is 264 g/mol. The highest BCUT2D eigenvalue weighted by molar-refractivity contribution is 5.45. The molecule has 0 saturated carbocycles. The average molecular weight is 275 g/mol. The van der Waals surface area contributed by atoms with Gasteiger partial charge in [-0.3, -0.25) is 0 Å². The first-order valence-electron chi connectivity index (χ1n) is 5.79. The molecule has 102 valence electrons. The van der Waals surface area contributed by atoms with E-state index in [1.807, 2.05) is 6.07 Å². The first-order chi connectivity index (χ1) is 9.65. The Kier molecular flexibility index (Phi) is 4.16. The maximum atomic E-state index is 13.4. The minimum absolute atomic E-state index is 0.0441. The number of benzene rings is 2. The minimum atomic E-state index is -1.02. The first kappa shape index (κ1) is 13.8. The maximum absolute atomic E-state index is 13.4. The molecule has 0 bridgehead atoms. The molecule has 20 heavy (non-hydrogen) atoms. The third-order valence-corrected chi connectivity index (χ3v) is 2.70. The molecule has 5 heteroatoms. The monoisotopic (exact) mass is 275 g/mol. The van der Waals surface area contributed by atoms with Crippen molar-refractivity contribution in [2.75, 3.05) is 7.11 Å². The molecule has 2 aromatic rings. The van der Waals surface area contributed by atoms with E-state index in [0.717, 1.165) is 6.07 Å². The molecule has 0 amide bonds. The van der Waals surface area contributed by atoms with Gasteiger partial charge in [0.25, 0.3) is 0 Å². The normalized spacial score (nSPS) is 9.90. The van der Waals surface area contributed by atoms with Crippen molar-refractivity contribution in [1.82, 2.24) is 0 Å². The lowest BCUT2D eigenvalue weighted by molar-refractivity contribution is 0.284. The van der Waals surface area contributed by atoms with Crippen molar-refractivity contribution in [2.24, 2.45) is 0 Å². The van der Waals surface area contributed by atoms with E-state index in [2.05, 4.69) is 0 Å². The highest BCUT2D eigenvalue weighted by Crippen LogP contribution is 2.23. The van der Waals surface area contributed by atoms with Crippen LogP contribution in [0.1, 0.15) is 11.1 Å². The van der Waals surface area contributed by atoms with E-state index < -0.39 is 11.6 Å². The summed E-state index contributed by atoms with van der Waals surface area (Å²) < 4.78 is 36.7. The van der Waals surface area contributed by atoms with E-state index in [1.165, 1.54) is 19.2 Å². The van der Waals surface area contributed by atoms with E-state index in [4.69, 9.17) is 14.7 Å². The smallest absolute Gasteiger partial charge is 0.200 e. The quantitative estimate of drug-likeness (QED) is 0.858. The molecule has 0 aliphatic rings. The molecule has 0 aliphatic heterocycles. The third kappa shape index (κ3) is 2.86. The van der Waals surface area contributed by atoms with Crippen molar-refractivity contribution in [1.29, 1.82) is 5.26 Å². The fraction of sp³-hybridized carbons (Fsp3) is 0.133. The lowest BCUT2D eigenvalue weighted by Crippen LogP contribution is -2.00. The summed E-state index contributed by atoms with van der Waals surface area (Å²) >= 11 is 0. The fourth-order valence-corrected chi connectivity index (χ4v) is 1.67. The standard InChI is InChI=1S/C15H11F2NO2/c1-19-14-7-10(5-6-11(14)8-18)9-20-13-4-2-3-12(16)15(13)17/h2-7H,9H2,1H3. The Balaban J connectivity index is 2.15. The van der Waals surface area contributed by atoms with Gasteiger partial charge >= 0.3 is 0 Å². The van der Waals surface area contributed by atoms with Crippen LogP contribution >= 0.6 is 0 Å². The van der Waals surface area contributed by atoms with Crippen LogP contribution in [0.3, 0.4) is 0 Å². The van der Waals surface area contributed by atoms with Gasteiger partial charge in [0.1, 0.15) is 18.4 Å². The number of nitrogens with zero attached hydrogens (tertiary/aromatic N) is 1. The van der Waals surface area contributed by atoms with Crippen molar-refractivity contribution in [3.63, 3.8) is 0 Å².